The molecular weight excluding hydrogens is 407 g/mol. The van der Waals surface area contributed by atoms with Crippen LogP contribution >= 0.6 is 11.6 Å². The van der Waals surface area contributed by atoms with E-state index in [1.165, 1.54) is 19.1 Å². The van der Waals surface area contributed by atoms with Crippen LogP contribution in [0, 0.1) is 5.82 Å². The van der Waals surface area contributed by atoms with Crippen LogP contribution in [0.15, 0.2) is 42.5 Å². The van der Waals surface area contributed by atoms with E-state index in [1.807, 2.05) is 0 Å². The number of halogens is 2. The number of ketones is 1. The molecule has 0 heterocycles. The van der Waals surface area contributed by atoms with Gasteiger partial charge in [0.1, 0.15) is 11.9 Å². The van der Waals surface area contributed by atoms with Gasteiger partial charge in [-0.2, -0.15) is 0 Å². The lowest BCUT2D eigenvalue weighted by Gasteiger charge is -2.30. The number of rotatable bonds is 7. The number of nitrogens with one attached hydrogen (secondary N) is 1. The fraction of sp³-hybridized carbons (Fsp3) is 0.263. The molecule has 2 rings (SSSR count). The Balaban J connectivity index is 2.40. The first-order chi connectivity index (χ1) is 13.0. The van der Waals surface area contributed by atoms with E-state index in [9.17, 15) is 22.4 Å². The highest BCUT2D eigenvalue weighted by molar-refractivity contribution is 7.92. The van der Waals surface area contributed by atoms with Crippen LogP contribution in [0.5, 0.6) is 0 Å². The molecule has 0 saturated heterocycles. The number of nitrogens with zero attached hydrogens (tertiary/aromatic N) is 1. The second kappa shape index (κ2) is 8.70. The highest BCUT2D eigenvalue weighted by Crippen LogP contribution is 2.27. The van der Waals surface area contributed by atoms with E-state index in [0.29, 0.717) is 11.3 Å². The fourth-order valence-electron chi connectivity index (χ4n) is 2.72. The summed E-state index contributed by atoms with van der Waals surface area (Å²) in [5.41, 5.74) is 0.853. The van der Waals surface area contributed by atoms with E-state index in [0.717, 1.165) is 22.7 Å². The number of carbonyl (C=O) groups excluding carboxylic acids is 2. The molecule has 1 atom stereocenters. The maximum absolute atomic E-state index is 13.5. The lowest BCUT2D eigenvalue weighted by molar-refractivity contribution is -0.117. The number of sulfonamides is 1. The molecule has 2 aromatic rings. The van der Waals surface area contributed by atoms with Gasteiger partial charge < -0.3 is 5.32 Å². The average molecular weight is 427 g/mol. The Bertz CT molecular complexity index is 1010. The van der Waals surface area contributed by atoms with Gasteiger partial charge in [0.25, 0.3) is 0 Å². The predicted octanol–water partition coefficient (Wildman–Crippen LogP) is 3.87. The van der Waals surface area contributed by atoms with E-state index < -0.39 is 27.8 Å². The van der Waals surface area contributed by atoms with Crippen molar-refractivity contribution in [2.75, 3.05) is 15.9 Å². The third-order valence-electron chi connectivity index (χ3n) is 4.02. The lowest BCUT2D eigenvalue weighted by atomic mass is 10.1. The Labute approximate surface area is 168 Å². The average Bonchev–Trinajstić information content (AvgIpc) is 2.61. The summed E-state index contributed by atoms with van der Waals surface area (Å²) in [6, 6.07) is 8.66. The smallest absolute Gasteiger partial charge is 0.248 e. The molecule has 150 valence electrons. The van der Waals surface area contributed by atoms with Gasteiger partial charge in [-0.05, 0) is 43.7 Å². The summed E-state index contributed by atoms with van der Waals surface area (Å²) >= 11 is 5.78. The van der Waals surface area contributed by atoms with E-state index in [2.05, 4.69) is 5.32 Å². The molecule has 28 heavy (non-hydrogen) atoms. The zero-order valence-electron chi connectivity index (χ0n) is 15.6. The summed E-state index contributed by atoms with van der Waals surface area (Å²) in [6.45, 7) is 3.05. The van der Waals surface area contributed by atoms with Gasteiger partial charge in [0, 0.05) is 11.3 Å². The van der Waals surface area contributed by atoms with Gasteiger partial charge in [-0.3, -0.25) is 13.9 Å². The topological polar surface area (TPSA) is 83.6 Å². The van der Waals surface area contributed by atoms with Crippen molar-refractivity contribution in [3.63, 3.8) is 0 Å². The first-order valence-corrected chi connectivity index (χ1v) is 10.6. The summed E-state index contributed by atoms with van der Waals surface area (Å²) in [7, 11) is -3.88. The standard InChI is InChI=1S/C19H20ClFN2O4S/c1-4-18(19(25)22-14-7-5-6-13(10-14)12(2)24)23(28(3,26)27)15-8-9-17(21)16(20)11-15/h5-11,18H,4H2,1-3H3,(H,22,25). The molecule has 1 amide bonds. The molecule has 0 saturated carbocycles. The molecule has 0 aliphatic rings. The number of hydrogen-bond acceptors (Lipinski definition) is 4. The van der Waals surface area contributed by atoms with Crippen molar-refractivity contribution in [1.29, 1.82) is 0 Å². The fourth-order valence-corrected chi connectivity index (χ4v) is 4.10. The zero-order chi connectivity index (χ0) is 21.1. The van der Waals surface area contributed by atoms with Crippen LogP contribution in [-0.2, 0) is 14.8 Å². The quantitative estimate of drug-likeness (QED) is 0.681. The number of Topliss-reactive ketones (excluding diaryl/α,β-unsaturated/α-hetero) is 1. The summed E-state index contributed by atoms with van der Waals surface area (Å²) in [5, 5.41) is 2.38. The van der Waals surface area contributed by atoms with Gasteiger partial charge in [0.15, 0.2) is 5.78 Å². The maximum atomic E-state index is 13.5. The SMILES string of the molecule is CCC(C(=O)Nc1cccc(C(C)=O)c1)N(c1ccc(F)c(Cl)c1)S(C)(=O)=O. The minimum atomic E-state index is -3.88. The second-order valence-corrected chi connectivity index (χ2v) is 8.47. The molecule has 0 fully saturated rings. The number of amides is 1. The molecule has 9 heteroatoms. The van der Waals surface area contributed by atoms with Gasteiger partial charge in [0.05, 0.1) is 17.0 Å². The van der Waals surface area contributed by atoms with Crippen LogP contribution in [0.25, 0.3) is 0 Å². The third-order valence-corrected chi connectivity index (χ3v) is 5.49. The maximum Gasteiger partial charge on any atom is 0.248 e. The summed E-state index contributed by atoms with van der Waals surface area (Å²) in [5.74, 6) is -1.45. The van der Waals surface area contributed by atoms with Gasteiger partial charge >= 0.3 is 0 Å². The van der Waals surface area contributed by atoms with E-state index in [4.69, 9.17) is 11.6 Å². The van der Waals surface area contributed by atoms with E-state index in [1.54, 1.807) is 25.1 Å². The van der Waals surface area contributed by atoms with Crippen LogP contribution in [0.2, 0.25) is 5.02 Å². The van der Waals surface area contributed by atoms with Gasteiger partial charge in [-0.15, -0.1) is 0 Å². The van der Waals surface area contributed by atoms with Crippen LogP contribution < -0.4 is 9.62 Å². The van der Waals surface area contributed by atoms with Crippen molar-refractivity contribution in [3.8, 4) is 0 Å². The van der Waals surface area contributed by atoms with Crippen LogP contribution in [0.1, 0.15) is 30.6 Å². The van der Waals surface area contributed by atoms with Crippen molar-refractivity contribution < 1.29 is 22.4 Å². The third kappa shape index (κ3) is 5.08. The highest BCUT2D eigenvalue weighted by atomic mass is 35.5. The van der Waals surface area contributed by atoms with E-state index >= 15 is 0 Å². The Morgan fingerprint density at radius 2 is 1.89 bits per heavy atom. The summed E-state index contributed by atoms with van der Waals surface area (Å²) < 4.78 is 39.2. The van der Waals surface area contributed by atoms with Crippen LogP contribution in [0.4, 0.5) is 15.8 Å². The minimum Gasteiger partial charge on any atom is -0.324 e. The minimum absolute atomic E-state index is 0.0772. The second-order valence-electron chi connectivity index (χ2n) is 6.21. The summed E-state index contributed by atoms with van der Waals surface area (Å²) in [6.07, 6.45) is 1.11. The van der Waals surface area contributed by atoms with Crippen molar-refractivity contribution >= 4 is 44.7 Å². The molecule has 0 bridgehead atoms. The van der Waals surface area contributed by atoms with Crippen molar-refractivity contribution in [2.24, 2.45) is 0 Å². The lowest BCUT2D eigenvalue weighted by Crippen LogP contribution is -2.47. The Kier molecular flexibility index (Phi) is 6.79. The Morgan fingerprint density at radius 3 is 2.43 bits per heavy atom. The summed E-state index contributed by atoms with van der Waals surface area (Å²) in [4.78, 5) is 24.3. The zero-order valence-corrected chi connectivity index (χ0v) is 17.1. The Hall–Kier alpha value is -2.45. The predicted molar refractivity (Wildman–Crippen MR) is 108 cm³/mol. The number of hydrogen-bond donors (Lipinski definition) is 1. The molecule has 0 aliphatic carbocycles. The molecule has 0 aromatic heterocycles. The number of anilines is 2. The molecule has 1 unspecified atom stereocenters. The van der Waals surface area contributed by atoms with Gasteiger partial charge in [0.2, 0.25) is 15.9 Å². The molecule has 2 aromatic carbocycles. The first kappa shape index (κ1) is 21.8. The van der Waals surface area contributed by atoms with E-state index in [-0.39, 0.29) is 22.9 Å². The Morgan fingerprint density at radius 1 is 1.21 bits per heavy atom. The van der Waals surface area contributed by atoms with Gasteiger partial charge in [-0.25, -0.2) is 12.8 Å². The van der Waals surface area contributed by atoms with Crippen LogP contribution in [-0.4, -0.2) is 32.4 Å². The monoisotopic (exact) mass is 426 g/mol. The molecule has 0 spiro atoms. The molecule has 6 nitrogen and oxygen atoms in total. The van der Waals surface area contributed by atoms with Crippen molar-refractivity contribution in [1.82, 2.24) is 0 Å². The first-order valence-electron chi connectivity index (χ1n) is 8.41. The molecule has 1 N–H and O–H groups in total. The molecular formula is C19H20ClFN2O4S. The largest absolute Gasteiger partial charge is 0.324 e. The number of carbonyl (C=O) groups is 2. The van der Waals surface area contributed by atoms with Gasteiger partial charge in [-0.1, -0.05) is 30.7 Å². The number of benzene rings is 2. The van der Waals surface area contributed by atoms with Crippen LogP contribution in [0.3, 0.4) is 0 Å². The van der Waals surface area contributed by atoms with Crippen molar-refractivity contribution in [3.05, 3.63) is 58.9 Å². The normalized spacial score (nSPS) is 12.3. The molecule has 0 aliphatic heterocycles. The highest BCUT2D eigenvalue weighted by Gasteiger charge is 2.32. The van der Waals surface area contributed by atoms with Crippen molar-refractivity contribution in [2.45, 2.75) is 26.3 Å². The molecule has 0 radical (unpaired) electrons.